The van der Waals surface area contributed by atoms with E-state index in [9.17, 15) is 14.9 Å². The molecule has 0 aliphatic carbocycles. The van der Waals surface area contributed by atoms with Gasteiger partial charge < -0.3 is 24.8 Å². The van der Waals surface area contributed by atoms with E-state index >= 15 is 0 Å². The summed E-state index contributed by atoms with van der Waals surface area (Å²) in [6.45, 7) is 17.2. The molecule has 1 atom stereocenters. The van der Waals surface area contributed by atoms with E-state index < -0.39 is 14.2 Å². The summed E-state index contributed by atoms with van der Waals surface area (Å²) in [5.74, 6) is 1.26. The molecule has 0 saturated carbocycles. The van der Waals surface area contributed by atoms with E-state index in [1.54, 1.807) is 6.20 Å². The zero-order valence-electron chi connectivity index (χ0n) is 30.0. The Morgan fingerprint density at radius 2 is 1.78 bits per heavy atom. The zero-order valence-corrected chi connectivity index (χ0v) is 31.0. The van der Waals surface area contributed by atoms with Crippen molar-refractivity contribution in [2.45, 2.75) is 71.8 Å². The molecule has 2 fully saturated rings. The van der Waals surface area contributed by atoms with Crippen LogP contribution in [0.2, 0.25) is 25.7 Å². The fourth-order valence-electron chi connectivity index (χ4n) is 7.20. The molecule has 3 aromatic rings. The van der Waals surface area contributed by atoms with Crippen LogP contribution in [0.25, 0.3) is 0 Å². The van der Waals surface area contributed by atoms with Crippen molar-refractivity contribution >= 4 is 31.6 Å². The predicted molar refractivity (Wildman–Crippen MR) is 197 cm³/mol. The molecule has 5 rings (SSSR count). The number of aryl methyl sites for hydroxylation is 2. The van der Waals surface area contributed by atoms with Crippen molar-refractivity contribution in [2.24, 2.45) is 5.92 Å². The number of amides is 2. The molecular weight excluding hydrogens is 631 g/mol. The number of hydrogen-bond donors (Lipinski definition) is 1. The summed E-state index contributed by atoms with van der Waals surface area (Å²) in [6.07, 6.45) is 4.21. The summed E-state index contributed by atoms with van der Waals surface area (Å²) < 4.78 is 5.49. The third-order valence-corrected chi connectivity index (χ3v) is 11.7. The van der Waals surface area contributed by atoms with Crippen LogP contribution in [-0.4, -0.2) is 87.1 Å². The van der Waals surface area contributed by atoms with E-state index in [0.29, 0.717) is 38.7 Å². The van der Waals surface area contributed by atoms with Crippen molar-refractivity contribution in [3.63, 3.8) is 0 Å². The topological polar surface area (TPSA) is 115 Å². The average molecular weight is 682 g/mol. The molecule has 0 spiro atoms. The molecule has 1 N–H and O–H groups in total. The van der Waals surface area contributed by atoms with Gasteiger partial charge in [0.15, 0.2) is 5.82 Å². The van der Waals surface area contributed by atoms with Crippen LogP contribution < -0.4 is 15.1 Å². The highest BCUT2D eigenvalue weighted by Gasteiger charge is 2.33. The first kappa shape index (κ1) is 35.9. The summed E-state index contributed by atoms with van der Waals surface area (Å²) in [6, 6.07) is 16.8. The van der Waals surface area contributed by atoms with Crippen LogP contribution >= 0.6 is 0 Å². The number of rotatable bonds is 10. The first-order chi connectivity index (χ1) is 23.4. The van der Waals surface area contributed by atoms with Crippen LogP contribution in [-0.2, 0) is 11.2 Å². The van der Waals surface area contributed by atoms with Gasteiger partial charge in [-0.15, -0.1) is 5.10 Å². The number of benzene rings is 2. The minimum Gasteiger partial charge on any atom is -0.450 e. The lowest BCUT2D eigenvalue weighted by Gasteiger charge is -2.42. The Morgan fingerprint density at radius 1 is 1.02 bits per heavy atom. The van der Waals surface area contributed by atoms with Crippen LogP contribution in [0.15, 0.2) is 48.7 Å². The minimum atomic E-state index is -1.32. The monoisotopic (exact) mass is 681 g/mol. The number of nitriles is 1. The highest BCUT2D eigenvalue weighted by Crippen LogP contribution is 2.32. The summed E-state index contributed by atoms with van der Waals surface area (Å²) in [5, 5.41) is 20.9. The molecule has 260 valence electrons. The molecule has 0 radical (unpaired) electrons. The Kier molecular flexibility index (Phi) is 11.6. The molecule has 1 aromatic heterocycles. The van der Waals surface area contributed by atoms with Gasteiger partial charge in [0.05, 0.1) is 23.9 Å². The number of carbonyl (C=O) groups excluding carboxylic acids is 2. The number of ether oxygens (including phenoxy) is 1. The smallest absolute Gasteiger partial charge is 0.407 e. The number of piperazine rings is 1. The van der Waals surface area contributed by atoms with E-state index in [0.717, 1.165) is 72.2 Å². The highest BCUT2D eigenvalue weighted by atomic mass is 28.3. The molecule has 2 saturated heterocycles. The second kappa shape index (κ2) is 15.9. The van der Waals surface area contributed by atoms with E-state index in [4.69, 9.17) is 4.74 Å². The number of aromatic nitrogens is 2. The Morgan fingerprint density at radius 3 is 2.47 bits per heavy atom. The molecular formula is C38H51N7O3Si. The van der Waals surface area contributed by atoms with Crippen molar-refractivity contribution in [1.29, 1.82) is 5.26 Å². The number of nitrogens with zero attached hydrogens (tertiary/aromatic N) is 6. The second-order valence-corrected chi connectivity index (χ2v) is 20.4. The number of para-hydroxylation sites is 1. The number of alkyl carbamates (subject to hydrolysis) is 1. The molecule has 2 aliphatic heterocycles. The van der Waals surface area contributed by atoms with Gasteiger partial charge in [-0.3, -0.25) is 4.79 Å². The number of anilines is 2. The number of hydrogen-bond acceptors (Lipinski definition) is 8. The Labute approximate surface area is 292 Å². The first-order valence-corrected chi connectivity index (χ1v) is 21.2. The van der Waals surface area contributed by atoms with Gasteiger partial charge in [-0.25, -0.2) is 4.79 Å². The van der Waals surface area contributed by atoms with Gasteiger partial charge in [-0.2, -0.15) is 10.4 Å². The third-order valence-electron chi connectivity index (χ3n) is 10.0. The van der Waals surface area contributed by atoms with E-state index in [2.05, 4.69) is 70.9 Å². The molecule has 0 unspecified atom stereocenters. The molecule has 0 bridgehead atoms. The standard InChI is InChI=1S/C38H51N7O3Si/c1-27-22-28(2)36(29(3)33(27)23-30-13-16-43(17-14-30)34-11-8-7-10-31(34)24-39)37(46)44-18-19-45(35-12-9-15-41-42-35)32(26-44)25-40-38(47)48-20-21-49(4,5)6/h7-12,15,22,30,32H,13-14,16-21,23,25-26H2,1-6H3,(H,40,47)/t32-/m1/s1. The van der Waals surface area contributed by atoms with E-state index in [1.165, 1.54) is 11.1 Å². The maximum Gasteiger partial charge on any atom is 0.407 e. The fourth-order valence-corrected chi connectivity index (χ4v) is 7.92. The van der Waals surface area contributed by atoms with Crippen molar-refractivity contribution in [2.75, 3.05) is 55.7 Å². The second-order valence-electron chi connectivity index (χ2n) is 14.8. The highest BCUT2D eigenvalue weighted by molar-refractivity contribution is 6.76. The van der Waals surface area contributed by atoms with Gasteiger partial charge in [0.1, 0.15) is 6.07 Å². The van der Waals surface area contributed by atoms with Crippen molar-refractivity contribution < 1.29 is 14.3 Å². The molecule has 2 aliphatic rings. The molecule has 3 heterocycles. The van der Waals surface area contributed by atoms with Gasteiger partial charge in [-0.05, 0) is 98.5 Å². The Hall–Kier alpha value is -4.43. The van der Waals surface area contributed by atoms with Gasteiger partial charge in [0, 0.05) is 59.1 Å². The van der Waals surface area contributed by atoms with Gasteiger partial charge in [-0.1, -0.05) is 37.8 Å². The lowest BCUT2D eigenvalue weighted by molar-refractivity contribution is 0.0719. The number of piperidine rings is 1. The van der Waals surface area contributed by atoms with Crippen molar-refractivity contribution in [3.05, 3.63) is 82.0 Å². The minimum absolute atomic E-state index is 0.0284. The Bertz CT molecular complexity index is 1660. The lowest BCUT2D eigenvalue weighted by atomic mass is 9.83. The first-order valence-electron chi connectivity index (χ1n) is 17.5. The third kappa shape index (κ3) is 8.98. The Balaban J connectivity index is 1.28. The van der Waals surface area contributed by atoms with Crippen LogP contribution in [0.5, 0.6) is 0 Å². The van der Waals surface area contributed by atoms with Crippen LogP contribution in [0.1, 0.15) is 51.0 Å². The summed E-state index contributed by atoms with van der Waals surface area (Å²) in [7, 11) is -1.32. The molecule has 11 heteroatoms. The molecule has 2 aromatic carbocycles. The molecule has 49 heavy (non-hydrogen) atoms. The van der Waals surface area contributed by atoms with Gasteiger partial charge in [0.2, 0.25) is 0 Å². The fraction of sp³-hybridized carbons (Fsp3) is 0.500. The molecule has 2 amide bonds. The van der Waals surface area contributed by atoms with Crippen molar-refractivity contribution in [1.82, 2.24) is 20.4 Å². The zero-order chi connectivity index (χ0) is 35.1. The number of carbonyl (C=O) groups is 2. The summed E-state index contributed by atoms with van der Waals surface area (Å²) >= 11 is 0. The van der Waals surface area contributed by atoms with Crippen LogP contribution in [0, 0.1) is 38.0 Å². The average Bonchev–Trinajstić information content (AvgIpc) is 3.09. The number of nitrogens with one attached hydrogen (secondary N) is 1. The van der Waals surface area contributed by atoms with Crippen LogP contribution in [0.3, 0.4) is 0 Å². The summed E-state index contributed by atoms with van der Waals surface area (Å²) in [4.78, 5) is 33.4. The molecule has 10 nitrogen and oxygen atoms in total. The van der Waals surface area contributed by atoms with E-state index in [1.807, 2.05) is 48.2 Å². The van der Waals surface area contributed by atoms with Gasteiger partial charge in [0.25, 0.3) is 5.91 Å². The lowest BCUT2D eigenvalue weighted by Crippen LogP contribution is -2.58. The van der Waals surface area contributed by atoms with Crippen molar-refractivity contribution in [3.8, 4) is 6.07 Å². The maximum absolute atomic E-state index is 14.4. The normalized spacial score (nSPS) is 17.1. The SMILES string of the molecule is Cc1cc(C)c(C(=O)N2CCN(c3cccnn3)[C@H](CNC(=O)OCC[Si](C)(C)C)C2)c(C)c1CC1CCN(c2ccccc2C#N)CC1. The predicted octanol–water partition coefficient (Wildman–Crippen LogP) is 6.13. The largest absolute Gasteiger partial charge is 0.450 e. The van der Waals surface area contributed by atoms with Crippen LogP contribution in [0.4, 0.5) is 16.3 Å². The summed E-state index contributed by atoms with van der Waals surface area (Å²) in [5.41, 5.74) is 7.08. The van der Waals surface area contributed by atoms with Gasteiger partial charge >= 0.3 is 6.09 Å². The quantitative estimate of drug-likeness (QED) is 0.255. The van der Waals surface area contributed by atoms with E-state index in [-0.39, 0.29) is 11.9 Å². The maximum atomic E-state index is 14.4.